The Morgan fingerprint density at radius 2 is 2.31 bits per heavy atom. The van der Waals surface area contributed by atoms with E-state index in [1.54, 1.807) is 19.1 Å². The maximum absolute atomic E-state index is 13.1. The highest BCUT2D eigenvalue weighted by Crippen LogP contribution is 2.17. The molecule has 0 aliphatic rings. The van der Waals surface area contributed by atoms with Gasteiger partial charge >= 0.3 is 0 Å². The maximum atomic E-state index is 13.1. The van der Waals surface area contributed by atoms with E-state index in [-0.39, 0.29) is 11.7 Å². The molecule has 1 nitrogen and oxygen atoms in total. The van der Waals surface area contributed by atoms with Crippen LogP contribution in [0.3, 0.4) is 0 Å². The van der Waals surface area contributed by atoms with E-state index in [1.165, 1.54) is 6.07 Å². The van der Waals surface area contributed by atoms with E-state index in [4.69, 9.17) is 0 Å². The molecule has 0 amide bonds. The van der Waals surface area contributed by atoms with Crippen LogP contribution in [0, 0.1) is 11.7 Å². The summed E-state index contributed by atoms with van der Waals surface area (Å²) in [5.41, 5.74) is 0.578. The number of hydrogen-bond donors (Lipinski definition) is 0. The number of aldehydes is 1. The van der Waals surface area contributed by atoms with Crippen molar-refractivity contribution in [2.75, 3.05) is 0 Å². The molecule has 0 fully saturated rings. The lowest BCUT2D eigenvalue weighted by atomic mass is 10.0. The largest absolute Gasteiger partial charge is 0.303 e. The topological polar surface area (TPSA) is 17.1 Å². The van der Waals surface area contributed by atoms with Crippen LogP contribution in [0.1, 0.15) is 12.5 Å². The van der Waals surface area contributed by atoms with Crippen molar-refractivity contribution in [3.8, 4) is 0 Å². The summed E-state index contributed by atoms with van der Waals surface area (Å²) in [5.74, 6) is -0.388. The van der Waals surface area contributed by atoms with E-state index in [2.05, 4.69) is 15.9 Å². The van der Waals surface area contributed by atoms with Crippen molar-refractivity contribution in [2.24, 2.45) is 5.92 Å². The standard InChI is InChI=1S/C10H10BrFO/c1-7(6-13)4-8-5-9(11)2-3-10(8)12/h2-3,5-7H,4H2,1H3. The van der Waals surface area contributed by atoms with Crippen molar-refractivity contribution < 1.29 is 9.18 Å². The average molecular weight is 245 g/mol. The first kappa shape index (κ1) is 10.4. The molecule has 0 saturated heterocycles. The number of halogens is 2. The van der Waals surface area contributed by atoms with Crippen LogP contribution in [0.25, 0.3) is 0 Å². The van der Waals surface area contributed by atoms with Crippen LogP contribution in [-0.2, 0) is 11.2 Å². The van der Waals surface area contributed by atoms with Gasteiger partial charge in [0, 0.05) is 10.4 Å². The Morgan fingerprint density at radius 1 is 1.62 bits per heavy atom. The number of carbonyl (C=O) groups is 1. The molecule has 0 spiro atoms. The first-order chi connectivity index (χ1) is 6.13. The number of carbonyl (C=O) groups excluding carboxylic acids is 1. The molecule has 0 aliphatic heterocycles. The van der Waals surface area contributed by atoms with Gasteiger partial charge in [0.1, 0.15) is 12.1 Å². The molecular weight excluding hydrogens is 235 g/mol. The summed E-state index contributed by atoms with van der Waals surface area (Å²) in [6.45, 7) is 1.77. The Balaban J connectivity index is 2.86. The van der Waals surface area contributed by atoms with E-state index >= 15 is 0 Å². The molecule has 1 aromatic rings. The fourth-order valence-electron chi connectivity index (χ4n) is 1.09. The van der Waals surface area contributed by atoms with Gasteiger partial charge in [-0.2, -0.15) is 0 Å². The molecule has 0 aromatic heterocycles. The summed E-state index contributed by atoms with van der Waals surface area (Å²) in [7, 11) is 0. The van der Waals surface area contributed by atoms with Crippen molar-refractivity contribution in [3.05, 3.63) is 34.1 Å². The van der Waals surface area contributed by atoms with E-state index in [0.29, 0.717) is 12.0 Å². The minimum Gasteiger partial charge on any atom is -0.303 e. The molecule has 3 heteroatoms. The highest BCUT2D eigenvalue weighted by molar-refractivity contribution is 9.10. The molecule has 0 saturated carbocycles. The van der Waals surface area contributed by atoms with Gasteiger partial charge in [0.05, 0.1) is 0 Å². The molecule has 0 N–H and O–H groups in total. The molecule has 1 atom stereocenters. The van der Waals surface area contributed by atoms with Gasteiger partial charge in [0.2, 0.25) is 0 Å². The van der Waals surface area contributed by atoms with E-state index < -0.39 is 0 Å². The molecule has 0 radical (unpaired) electrons. The smallest absolute Gasteiger partial charge is 0.126 e. The fraction of sp³-hybridized carbons (Fsp3) is 0.300. The van der Waals surface area contributed by atoms with Crippen molar-refractivity contribution >= 4 is 22.2 Å². The highest BCUT2D eigenvalue weighted by Gasteiger charge is 2.07. The lowest BCUT2D eigenvalue weighted by Gasteiger charge is -2.05. The van der Waals surface area contributed by atoms with Gasteiger partial charge in [-0.3, -0.25) is 0 Å². The average Bonchev–Trinajstić information content (AvgIpc) is 2.11. The van der Waals surface area contributed by atoms with E-state index in [9.17, 15) is 9.18 Å². The third kappa shape index (κ3) is 2.92. The first-order valence-corrected chi connectivity index (χ1v) is 4.82. The van der Waals surface area contributed by atoms with E-state index in [0.717, 1.165) is 10.8 Å². The number of benzene rings is 1. The summed E-state index contributed by atoms with van der Waals surface area (Å²) in [6, 6.07) is 4.75. The Labute approximate surface area is 85.1 Å². The van der Waals surface area contributed by atoms with Gasteiger partial charge in [0.25, 0.3) is 0 Å². The summed E-state index contributed by atoms with van der Waals surface area (Å²) in [5, 5.41) is 0. The van der Waals surface area contributed by atoms with Crippen LogP contribution in [0.2, 0.25) is 0 Å². The summed E-state index contributed by atoms with van der Waals surface area (Å²) in [6.07, 6.45) is 1.29. The van der Waals surface area contributed by atoms with Crippen LogP contribution >= 0.6 is 15.9 Å². The normalized spacial score (nSPS) is 12.5. The summed E-state index contributed by atoms with van der Waals surface area (Å²) >= 11 is 3.25. The van der Waals surface area contributed by atoms with Gasteiger partial charge in [-0.15, -0.1) is 0 Å². The van der Waals surface area contributed by atoms with Crippen LogP contribution in [0.4, 0.5) is 4.39 Å². The number of hydrogen-bond acceptors (Lipinski definition) is 1. The molecule has 0 heterocycles. The second-order valence-corrected chi connectivity index (χ2v) is 3.97. The Kier molecular flexibility index (Phi) is 3.60. The van der Waals surface area contributed by atoms with Crippen molar-refractivity contribution in [3.63, 3.8) is 0 Å². The Bertz CT molecular complexity index is 312. The molecular formula is C10H10BrFO. The second-order valence-electron chi connectivity index (χ2n) is 3.05. The minimum atomic E-state index is -0.253. The van der Waals surface area contributed by atoms with Crippen LogP contribution in [-0.4, -0.2) is 6.29 Å². The van der Waals surface area contributed by atoms with Gasteiger partial charge < -0.3 is 4.79 Å². The predicted octanol–water partition coefficient (Wildman–Crippen LogP) is 2.97. The first-order valence-electron chi connectivity index (χ1n) is 4.02. The van der Waals surface area contributed by atoms with Gasteiger partial charge in [-0.25, -0.2) is 4.39 Å². The Hall–Kier alpha value is -0.700. The lowest BCUT2D eigenvalue weighted by molar-refractivity contribution is -0.110. The zero-order valence-corrected chi connectivity index (χ0v) is 8.84. The number of rotatable bonds is 3. The Morgan fingerprint density at radius 3 is 2.92 bits per heavy atom. The van der Waals surface area contributed by atoms with E-state index in [1.807, 2.05) is 0 Å². The molecule has 1 rings (SSSR count). The maximum Gasteiger partial charge on any atom is 0.126 e. The molecule has 1 aromatic carbocycles. The van der Waals surface area contributed by atoms with Crippen molar-refractivity contribution in [1.29, 1.82) is 0 Å². The van der Waals surface area contributed by atoms with Crippen LogP contribution in [0.15, 0.2) is 22.7 Å². The highest BCUT2D eigenvalue weighted by atomic mass is 79.9. The third-order valence-corrected chi connectivity index (χ3v) is 2.28. The molecule has 0 aliphatic carbocycles. The zero-order valence-electron chi connectivity index (χ0n) is 7.26. The zero-order chi connectivity index (χ0) is 9.84. The quantitative estimate of drug-likeness (QED) is 0.748. The van der Waals surface area contributed by atoms with Crippen molar-refractivity contribution in [2.45, 2.75) is 13.3 Å². The second kappa shape index (κ2) is 4.51. The molecule has 1 unspecified atom stereocenters. The van der Waals surface area contributed by atoms with Crippen LogP contribution < -0.4 is 0 Å². The SMILES string of the molecule is CC(C=O)Cc1cc(Br)ccc1F. The fourth-order valence-corrected chi connectivity index (χ4v) is 1.50. The van der Waals surface area contributed by atoms with Crippen LogP contribution in [0.5, 0.6) is 0 Å². The minimum absolute atomic E-state index is 0.135. The molecule has 13 heavy (non-hydrogen) atoms. The lowest BCUT2D eigenvalue weighted by Crippen LogP contribution is -2.02. The van der Waals surface area contributed by atoms with Gasteiger partial charge in [0.15, 0.2) is 0 Å². The summed E-state index contributed by atoms with van der Waals surface area (Å²) < 4.78 is 14.0. The third-order valence-electron chi connectivity index (χ3n) is 1.78. The molecule has 70 valence electrons. The van der Waals surface area contributed by atoms with Crippen molar-refractivity contribution in [1.82, 2.24) is 0 Å². The molecule has 0 bridgehead atoms. The monoisotopic (exact) mass is 244 g/mol. The summed E-state index contributed by atoms with van der Waals surface area (Å²) in [4.78, 5) is 10.4. The van der Waals surface area contributed by atoms with Gasteiger partial charge in [-0.1, -0.05) is 22.9 Å². The van der Waals surface area contributed by atoms with Gasteiger partial charge in [-0.05, 0) is 30.2 Å². The predicted molar refractivity (Wildman–Crippen MR) is 53.0 cm³/mol.